The van der Waals surface area contributed by atoms with Crippen molar-refractivity contribution in [3.8, 4) is 0 Å². The SMILES string of the molecule is Cc1cc(NC(=O)CSc2nccc(=O)[nH]2)c([N+](=O)[O-])cc1C. The zero-order chi connectivity index (χ0) is 17.0. The number of benzene rings is 1. The van der Waals surface area contributed by atoms with Gasteiger partial charge in [0.1, 0.15) is 5.69 Å². The van der Waals surface area contributed by atoms with Gasteiger partial charge in [-0.1, -0.05) is 11.8 Å². The summed E-state index contributed by atoms with van der Waals surface area (Å²) in [7, 11) is 0. The van der Waals surface area contributed by atoms with Gasteiger partial charge in [-0.2, -0.15) is 0 Å². The second-order valence-electron chi connectivity index (χ2n) is 4.79. The molecular weight excluding hydrogens is 320 g/mol. The van der Waals surface area contributed by atoms with E-state index in [2.05, 4.69) is 15.3 Å². The summed E-state index contributed by atoms with van der Waals surface area (Å²) in [5.41, 5.74) is 1.30. The van der Waals surface area contributed by atoms with E-state index in [1.54, 1.807) is 13.0 Å². The van der Waals surface area contributed by atoms with Crippen LogP contribution >= 0.6 is 11.8 Å². The summed E-state index contributed by atoms with van der Waals surface area (Å²) in [6, 6.07) is 4.26. The molecule has 0 aliphatic rings. The first-order valence-electron chi connectivity index (χ1n) is 6.60. The Bertz CT molecular complexity index is 819. The molecule has 0 fully saturated rings. The maximum absolute atomic E-state index is 12.0. The van der Waals surface area contributed by atoms with Crippen LogP contribution in [0.4, 0.5) is 11.4 Å². The normalized spacial score (nSPS) is 10.3. The van der Waals surface area contributed by atoms with Gasteiger partial charge in [-0.25, -0.2) is 4.98 Å². The van der Waals surface area contributed by atoms with Crippen molar-refractivity contribution in [1.29, 1.82) is 0 Å². The number of nitrogens with one attached hydrogen (secondary N) is 2. The lowest BCUT2D eigenvalue weighted by Gasteiger charge is -2.08. The quantitative estimate of drug-likeness (QED) is 0.374. The van der Waals surface area contributed by atoms with Gasteiger partial charge < -0.3 is 10.3 Å². The molecule has 0 saturated heterocycles. The standard InChI is InChI=1S/C14H14N4O4S/c1-8-5-10(11(18(21)22)6-9(8)2)16-13(20)7-23-14-15-4-3-12(19)17-14/h3-6H,7H2,1-2H3,(H,16,20)(H,15,17,19). The van der Waals surface area contributed by atoms with E-state index >= 15 is 0 Å². The van der Waals surface area contributed by atoms with Crippen molar-refractivity contribution < 1.29 is 9.72 Å². The molecule has 0 unspecified atom stereocenters. The average molecular weight is 334 g/mol. The topological polar surface area (TPSA) is 118 Å². The molecular formula is C14H14N4O4S. The van der Waals surface area contributed by atoms with E-state index in [-0.39, 0.29) is 22.7 Å². The smallest absolute Gasteiger partial charge is 0.293 e. The summed E-state index contributed by atoms with van der Waals surface area (Å²) in [6.45, 7) is 3.57. The Hall–Kier alpha value is -2.68. The van der Waals surface area contributed by atoms with Gasteiger partial charge in [0.15, 0.2) is 5.16 Å². The Morgan fingerprint density at radius 1 is 1.39 bits per heavy atom. The number of nitro benzene ring substituents is 1. The molecule has 0 atom stereocenters. The summed E-state index contributed by atoms with van der Waals surface area (Å²) in [5.74, 6) is -0.454. The molecule has 1 amide bonds. The van der Waals surface area contributed by atoms with Crippen LogP contribution in [0.3, 0.4) is 0 Å². The Morgan fingerprint density at radius 2 is 2.09 bits per heavy atom. The number of carbonyl (C=O) groups excluding carboxylic acids is 1. The highest BCUT2D eigenvalue weighted by Gasteiger charge is 2.17. The molecule has 2 N–H and O–H groups in total. The molecule has 0 aliphatic carbocycles. The molecule has 8 nitrogen and oxygen atoms in total. The van der Waals surface area contributed by atoms with Gasteiger partial charge in [-0.15, -0.1) is 0 Å². The zero-order valence-electron chi connectivity index (χ0n) is 12.5. The van der Waals surface area contributed by atoms with Gasteiger partial charge >= 0.3 is 0 Å². The third-order valence-electron chi connectivity index (χ3n) is 3.07. The van der Waals surface area contributed by atoms with E-state index < -0.39 is 10.8 Å². The molecule has 2 rings (SSSR count). The summed E-state index contributed by atoms with van der Waals surface area (Å²) in [4.78, 5) is 40.0. The number of thioether (sulfide) groups is 1. The van der Waals surface area contributed by atoms with Crippen molar-refractivity contribution in [2.24, 2.45) is 0 Å². The van der Waals surface area contributed by atoms with E-state index in [1.165, 1.54) is 18.3 Å². The highest BCUT2D eigenvalue weighted by atomic mass is 32.2. The third kappa shape index (κ3) is 4.39. The van der Waals surface area contributed by atoms with Crippen LogP contribution in [0.15, 0.2) is 34.3 Å². The van der Waals surface area contributed by atoms with Crippen molar-refractivity contribution in [2.45, 2.75) is 19.0 Å². The van der Waals surface area contributed by atoms with Crippen LogP contribution in [0.25, 0.3) is 0 Å². The predicted octanol–water partition coefficient (Wildman–Crippen LogP) is 2.03. The second kappa shape index (κ2) is 7.05. The number of carbonyl (C=O) groups is 1. The van der Waals surface area contributed by atoms with Gasteiger partial charge in [0.2, 0.25) is 5.91 Å². The van der Waals surface area contributed by atoms with Gasteiger partial charge in [0.05, 0.1) is 10.7 Å². The van der Waals surface area contributed by atoms with Crippen molar-refractivity contribution >= 4 is 29.0 Å². The fourth-order valence-electron chi connectivity index (χ4n) is 1.80. The maximum atomic E-state index is 12.0. The van der Waals surface area contributed by atoms with Crippen LogP contribution < -0.4 is 10.9 Å². The molecule has 1 heterocycles. The van der Waals surface area contributed by atoms with Gasteiger partial charge in [0.25, 0.3) is 11.2 Å². The summed E-state index contributed by atoms with van der Waals surface area (Å²) in [6.07, 6.45) is 1.34. The van der Waals surface area contributed by atoms with Crippen LogP contribution in [0.1, 0.15) is 11.1 Å². The average Bonchev–Trinajstić information content (AvgIpc) is 2.48. The van der Waals surface area contributed by atoms with E-state index in [4.69, 9.17) is 0 Å². The van der Waals surface area contributed by atoms with Gasteiger partial charge in [0, 0.05) is 18.3 Å². The minimum absolute atomic E-state index is 0.0307. The molecule has 1 aromatic heterocycles. The fourth-order valence-corrected chi connectivity index (χ4v) is 2.45. The Kier molecular flexibility index (Phi) is 5.12. The number of anilines is 1. The van der Waals surface area contributed by atoms with Crippen molar-refractivity contribution in [3.05, 3.63) is 56.0 Å². The lowest BCUT2D eigenvalue weighted by atomic mass is 10.1. The van der Waals surface area contributed by atoms with Crippen molar-refractivity contribution in [3.63, 3.8) is 0 Å². The Labute approximate surface area is 135 Å². The predicted molar refractivity (Wildman–Crippen MR) is 86.8 cm³/mol. The zero-order valence-corrected chi connectivity index (χ0v) is 13.3. The Morgan fingerprint density at radius 3 is 2.74 bits per heavy atom. The molecule has 0 radical (unpaired) electrons. The number of hydrogen-bond donors (Lipinski definition) is 2. The molecule has 23 heavy (non-hydrogen) atoms. The molecule has 0 spiro atoms. The van der Waals surface area contributed by atoms with Crippen LogP contribution in [-0.2, 0) is 4.79 Å². The lowest BCUT2D eigenvalue weighted by molar-refractivity contribution is -0.384. The lowest BCUT2D eigenvalue weighted by Crippen LogP contribution is -2.16. The molecule has 0 saturated carbocycles. The Balaban J connectivity index is 2.09. The molecule has 1 aromatic carbocycles. The minimum atomic E-state index is -0.536. The number of aromatic amines is 1. The number of rotatable bonds is 5. The second-order valence-corrected chi connectivity index (χ2v) is 5.75. The number of aromatic nitrogens is 2. The number of nitrogens with zero attached hydrogens (tertiary/aromatic N) is 2. The largest absolute Gasteiger partial charge is 0.320 e. The molecule has 0 bridgehead atoms. The summed E-state index contributed by atoms with van der Waals surface area (Å²) < 4.78 is 0. The van der Waals surface area contributed by atoms with Crippen molar-refractivity contribution in [1.82, 2.24) is 9.97 Å². The van der Waals surface area contributed by atoms with Crippen LogP contribution in [0.5, 0.6) is 0 Å². The van der Waals surface area contributed by atoms with Crippen LogP contribution in [0.2, 0.25) is 0 Å². The molecule has 120 valence electrons. The number of amides is 1. The van der Waals surface area contributed by atoms with Crippen LogP contribution in [0, 0.1) is 24.0 Å². The highest BCUT2D eigenvalue weighted by molar-refractivity contribution is 7.99. The van der Waals surface area contributed by atoms with E-state index in [9.17, 15) is 19.7 Å². The minimum Gasteiger partial charge on any atom is -0.320 e. The number of nitro groups is 1. The monoisotopic (exact) mass is 334 g/mol. The number of hydrogen-bond acceptors (Lipinski definition) is 6. The fraction of sp³-hybridized carbons (Fsp3) is 0.214. The van der Waals surface area contributed by atoms with Crippen molar-refractivity contribution in [2.75, 3.05) is 11.1 Å². The molecule has 0 aliphatic heterocycles. The molecule has 2 aromatic rings. The first kappa shape index (κ1) is 16.7. The first-order chi connectivity index (χ1) is 10.9. The van der Waals surface area contributed by atoms with E-state index in [1.807, 2.05) is 6.92 Å². The van der Waals surface area contributed by atoms with Gasteiger partial charge in [-0.3, -0.25) is 19.7 Å². The van der Waals surface area contributed by atoms with Gasteiger partial charge in [-0.05, 0) is 31.0 Å². The first-order valence-corrected chi connectivity index (χ1v) is 7.59. The van der Waals surface area contributed by atoms with E-state index in [0.717, 1.165) is 22.9 Å². The number of H-pyrrole nitrogens is 1. The number of aryl methyl sites for hydroxylation is 2. The molecule has 9 heteroatoms. The van der Waals surface area contributed by atoms with E-state index in [0.29, 0.717) is 5.16 Å². The maximum Gasteiger partial charge on any atom is 0.293 e. The van der Waals surface area contributed by atoms with Crippen LogP contribution in [-0.4, -0.2) is 26.6 Å². The summed E-state index contributed by atoms with van der Waals surface area (Å²) in [5, 5.41) is 13.9. The summed E-state index contributed by atoms with van der Waals surface area (Å²) >= 11 is 1.03. The highest BCUT2D eigenvalue weighted by Crippen LogP contribution is 2.28. The third-order valence-corrected chi connectivity index (χ3v) is 3.96.